The topological polar surface area (TPSA) is 95.1 Å². The molecule has 0 fully saturated rings. The fraction of sp³-hybridized carbons (Fsp3) is 0.273. The van der Waals surface area contributed by atoms with E-state index in [4.69, 9.17) is 42.1 Å². The molecule has 0 saturated heterocycles. The summed E-state index contributed by atoms with van der Waals surface area (Å²) in [6.45, 7) is 1.83. The Kier molecular flexibility index (Phi) is 7.37. The molecule has 0 saturated carbocycles. The number of nitrogens with one attached hydrogen (secondary N) is 2. The van der Waals surface area contributed by atoms with Crippen LogP contribution in [0.25, 0.3) is 5.70 Å². The zero-order chi connectivity index (χ0) is 23.4. The van der Waals surface area contributed by atoms with Gasteiger partial charge in [-0.15, -0.1) is 0 Å². The molecule has 1 atom stereocenters. The predicted molar refractivity (Wildman–Crippen MR) is 121 cm³/mol. The lowest BCUT2D eigenvalue weighted by Crippen LogP contribution is -2.45. The van der Waals surface area contributed by atoms with E-state index in [1.165, 1.54) is 20.3 Å². The third-order valence-electron chi connectivity index (χ3n) is 4.83. The second-order valence-electron chi connectivity index (χ2n) is 6.60. The highest BCUT2D eigenvalue weighted by Gasteiger charge is 2.37. The van der Waals surface area contributed by atoms with Gasteiger partial charge in [0.25, 0.3) is 0 Å². The molecule has 2 amide bonds. The first-order valence-corrected chi connectivity index (χ1v) is 10.3. The van der Waals surface area contributed by atoms with Crippen LogP contribution in [0, 0.1) is 0 Å². The average molecular weight is 481 g/mol. The van der Waals surface area contributed by atoms with Crippen molar-refractivity contribution in [2.45, 2.75) is 13.0 Å². The minimum Gasteiger partial charge on any atom is -0.497 e. The third kappa shape index (κ3) is 4.42. The van der Waals surface area contributed by atoms with Crippen LogP contribution in [0.2, 0.25) is 10.0 Å². The summed E-state index contributed by atoms with van der Waals surface area (Å²) in [6, 6.07) is 6.93. The Labute approximate surface area is 195 Å². The third-order valence-corrected chi connectivity index (χ3v) is 5.45. The summed E-state index contributed by atoms with van der Waals surface area (Å²) in [5.74, 6) is 0.419. The lowest BCUT2D eigenvalue weighted by atomic mass is 9.92. The maximum Gasteiger partial charge on any atom is 0.338 e. The van der Waals surface area contributed by atoms with Crippen molar-refractivity contribution in [3.05, 3.63) is 57.1 Å². The van der Waals surface area contributed by atoms with Crippen LogP contribution in [-0.4, -0.2) is 39.9 Å². The summed E-state index contributed by atoms with van der Waals surface area (Å²) in [5.41, 5.74) is 1.39. The molecule has 8 nitrogen and oxygen atoms in total. The molecule has 3 rings (SSSR count). The van der Waals surface area contributed by atoms with Gasteiger partial charge < -0.3 is 29.6 Å². The van der Waals surface area contributed by atoms with Gasteiger partial charge in [-0.1, -0.05) is 23.2 Å². The van der Waals surface area contributed by atoms with Gasteiger partial charge in [-0.2, -0.15) is 0 Å². The number of ether oxygens (including phenoxy) is 4. The highest BCUT2D eigenvalue weighted by Crippen LogP contribution is 2.46. The van der Waals surface area contributed by atoms with E-state index >= 15 is 0 Å². The zero-order valence-electron chi connectivity index (χ0n) is 17.9. The number of carbonyl (C=O) groups excluding carboxylic acids is 2. The smallest absolute Gasteiger partial charge is 0.338 e. The van der Waals surface area contributed by atoms with Crippen LogP contribution in [0.15, 0.2) is 35.9 Å². The van der Waals surface area contributed by atoms with Crippen LogP contribution in [0.4, 0.5) is 4.79 Å². The first-order valence-electron chi connectivity index (χ1n) is 9.59. The molecule has 0 bridgehead atoms. The van der Waals surface area contributed by atoms with E-state index in [0.29, 0.717) is 16.9 Å². The number of methoxy groups -OCH3 is 3. The fourth-order valence-corrected chi connectivity index (χ4v) is 4.13. The first-order chi connectivity index (χ1) is 15.4. The van der Waals surface area contributed by atoms with Crippen molar-refractivity contribution in [3.8, 4) is 17.2 Å². The Morgan fingerprint density at radius 2 is 1.69 bits per heavy atom. The van der Waals surface area contributed by atoms with Crippen molar-refractivity contribution in [3.63, 3.8) is 0 Å². The molecule has 32 heavy (non-hydrogen) atoms. The van der Waals surface area contributed by atoms with E-state index < -0.39 is 18.0 Å². The standard InChI is InChI=1S/C22H22Cl2N2O6/c1-5-32-21(27)15-17(11-6-8-12(29-2)9-7-11)25-22(28)26-18(15)13-10-14(23)20(31-4)16(24)19(13)30-3/h6-10,18H,5H2,1-4H3,(H2,25,26,28). The summed E-state index contributed by atoms with van der Waals surface area (Å²) in [4.78, 5) is 25.7. The van der Waals surface area contributed by atoms with Gasteiger partial charge >= 0.3 is 12.0 Å². The molecule has 1 aliphatic heterocycles. The molecule has 0 aromatic heterocycles. The number of esters is 1. The molecule has 2 aromatic rings. The second-order valence-corrected chi connectivity index (χ2v) is 7.38. The summed E-state index contributed by atoms with van der Waals surface area (Å²) in [7, 11) is 4.38. The fourth-order valence-electron chi connectivity index (χ4n) is 3.42. The molecule has 0 spiro atoms. The van der Waals surface area contributed by atoms with E-state index in [0.717, 1.165) is 0 Å². The van der Waals surface area contributed by atoms with E-state index in [1.807, 2.05) is 0 Å². The average Bonchev–Trinajstić information content (AvgIpc) is 2.78. The number of halogens is 2. The van der Waals surface area contributed by atoms with Crippen LogP contribution in [0.3, 0.4) is 0 Å². The lowest BCUT2D eigenvalue weighted by molar-refractivity contribution is -0.138. The van der Waals surface area contributed by atoms with Crippen LogP contribution in [0.5, 0.6) is 17.2 Å². The first kappa shape index (κ1) is 23.6. The van der Waals surface area contributed by atoms with Crippen molar-refractivity contribution in [1.29, 1.82) is 0 Å². The van der Waals surface area contributed by atoms with Crippen molar-refractivity contribution in [2.75, 3.05) is 27.9 Å². The summed E-state index contributed by atoms with van der Waals surface area (Å²) < 4.78 is 21.2. The summed E-state index contributed by atoms with van der Waals surface area (Å²) in [5, 5.41) is 5.75. The minimum absolute atomic E-state index is 0.111. The number of amides is 2. The quantitative estimate of drug-likeness (QED) is 0.572. The van der Waals surface area contributed by atoms with Gasteiger partial charge in [0.1, 0.15) is 16.5 Å². The molecule has 1 aliphatic rings. The van der Waals surface area contributed by atoms with Crippen LogP contribution >= 0.6 is 23.2 Å². The number of carbonyl (C=O) groups is 2. The molecule has 1 heterocycles. The zero-order valence-corrected chi connectivity index (χ0v) is 19.4. The Morgan fingerprint density at radius 1 is 1.03 bits per heavy atom. The van der Waals surface area contributed by atoms with Crippen molar-refractivity contribution in [1.82, 2.24) is 10.6 Å². The minimum atomic E-state index is -0.962. The van der Waals surface area contributed by atoms with Gasteiger partial charge in [-0.25, -0.2) is 9.59 Å². The van der Waals surface area contributed by atoms with Gasteiger partial charge in [0.05, 0.1) is 50.3 Å². The van der Waals surface area contributed by atoms with Crippen LogP contribution in [-0.2, 0) is 9.53 Å². The van der Waals surface area contributed by atoms with Crippen molar-refractivity contribution in [2.24, 2.45) is 0 Å². The molecule has 0 radical (unpaired) electrons. The summed E-state index contributed by atoms with van der Waals surface area (Å²) in [6.07, 6.45) is 0. The monoisotopic (exact) mass is 480 g/mol. The number of rotatable bonds is 7. The highest BCUT2D eigenvalue weighted by atomic mass is 35.5. The molecule has 170 valence electrons. The molecular weight excluding hydrogens is 459 g/mol. The molecule has 10 heteroatoms. The van der Waals surface area contributed by atoms with Gasteiger partial charge in [0, 0.05) is 5.56 Å². The Morgan fingerprint density at radius 3 is 2.25 bits per heavy atom. The van der Waals surface area contributed by atoms with Gasteiger partial charge in [0.2, 0.25) is 0 Å². The largest absolute Gasteiger partial charge is 0.497 e. The van der Waals surface area contributed by atoms with E-state index in [2.05, 4.69) is 10.6 Å². The maximum atomic E-state index is 13.1. The van der Waals surface area contributed by atoms with Gasteiger partial charge in [-0.3, -0.25) is 0 Å². The normalized spacial score (nSPS) is 15.6. The molecule has 1 unspecified atom stereocenters. The molecule has 0 aliphatic carbocycles. The Bertz CT molecular complexity index is 1070. The highest BCUT2D eigenvalue weighted by molar-refractivity contribution is 6.38. The van der Waals surface area contributed by atoms with Gasteiger partial charge in [0.15, 0.2) is 5.75 Å². The van der Waals surface area contributed by atoms with Crippen LogP contribution < -0.4 is 24.8 Å². The lowest BCUT2D eigenvalue weighted by Gasteiger charge is -2.31. The number of hydrogen-bond acceptors (Lipinski definition) is 6. The molecular formula is C22H22Cl2N2O6. The second kappa shape index (κ2) is 10.0. The van der Waals surface area contributed by atoms with E-state index in [-0.39, 0.29) is 39.4 Å². The number of urea groups is 1. The molecule has 2 N–H and O–H groups in total. The van der Waals surface area contributed by atoms with E-state index in [9.17, 15) is 9.59 Å². The van der Waals surface area contributed by atoms with Crippen molar-refractivity contribution >= 4 is 40.9 Å². The van der Waals surface area contributed by atoms with Crippen molar-refractivity contribution < 1.29 is 28.5 Å². The molecule has 2 aromatic carbocycles. The van der Waals surface area contributed by atoms with Gasteiger partial charge in [-0.05, 0) is 42.8 Å². The summed E-state index contributed by atoms with van der Waals surface area (Å²) >= 11 is 12.8. The van der Waals surface area contributed by atoms with Crippen LogP contribution in [0.1, 0.15) is 24.1 Å². The number of hydrogen-bond donors (Lipinski definition) is 2. The number of benzene rings is 2. The Hall–Kier alpha value is -3.10. The maximum absolute atomic E-state index is 13.1. The SMILES string of the molecule is CCOC(=O)C1=C(c2ccc(OC)cc2)NC(=O)NC1c1cc(Cl)c(OC)c(Cl)c1OC. The Balaban J connectivity index is 2.28. The predicted octanol–water partition coefficient (Wildman–Crippen LogP) is 4.35. The van der Waals surface area contributed by atoms with E-state index in [1.54, 1.807) is 38.3 Å².